The highest BCUT2D eigenvalue weighted by Gasteiger charge is 2.44. The lowest BCUT2D eigenvalue weighted by Gasteiger charge is -2.39. The van der Waals surface area contributed by atoms with E-state index in [-0.39, 0.29) is 22.9 Å². The van der Waals surface area contributed by atoms with Crippen LogP contribution in [0.1, 0.15) is 18.4 Å². The second kappa shape index (κ2) is 10.7. The number of likely N-dealkylation sites (tertiary alicyclic amines) is 1. The number of rotatable bonds is 5. The van der Waals surface area contributed by atoms with Gasteiger partial charge < -0.3 is 15.5 Å². The second-order valence-corrected chi connectivity index (χ2v) is 10.9. The molecule has 3 N–H and O–H groups in total. The molecule has 0 aliphatic carbocycles. The summed E-state index contributed by atoms with van der Waals surface area (Å²) in [5.74, 6) is 0.702. The Balaban J connectivity index is 1.22. The molecule has 6 nitrogen and oxygen atoms in total. The monoisotopic (exact) mass is 526 g/mol. The van der Waals surface area contributed by atoms with Crippen LogP contribution in [-0.2, 0) is 11.2 Å². The number of urea groups is 1. The molecule has 2 aromatic carbocycles. The number of halogens is 3. The first-order valence-electron chi connectivity index (χ1n) is 10.8. The molecule has 176 valence electrons. The van der Waals surface area contributed by atoms with E-state index in [0.717, 1.165) is 18.4 Å². The molecule has 1 atom stereocenters. The van der Waals surface area contributed by atoms with Crippen molar-refractivity contribution in [3.8, 4) is 0 Å². The van der Waals surface area contributed by atoms with Gasteiger partial charge in [0.1, 0.15) is 0 Å². The van der Waals surface area contributed by atoms with Crippen LogP contribution >= 0.6 is 46.6 Å². The number of thioether (sulfide) groups is 1. The number of nitrogens with one attached hydrogen (secondary N) is 3. The Labute approximate surface area is 212 Å². The predicted molar refractivity (Wildman–Crippen MR) is 137 cm³/mol. The Morgan fingerprint density at radius 3 is 2.58 bits per heavy atom. The van der Waals surface area contributed by atoms with E-state index in [4.69, 9.17) is 34.8 Å². The minimum atomic E-state index is -0.248. The van der Waals surface area contributed by atoms with Crippen molar-refractivity contribution >= 4 is 64.2 Å². The smallest absolute Gasteiger partial charge is 0.321 e. The number of hydrogen-bond donors (Lipinski definition) is 3. The van der Waals surface area contributed by atoms with Gasteiger partial charge in [-0.05, 0) is 55.2 Å². The summed E-state index contributed by atoms with van der Waals surface area (Å²) in [5.41, 5.74) is 1.63. The summed E-state index contributed by atoms with van der Waals surface area (Å²) in [6, 6.07) is 12.1. The van der Waals surface area contributed by atoms with Gasteiger partial charge in [-0.2, -0.15) is 0 Å². The first-order chi connectivity index (χ1) is 15.8. The molecule has 2 aliphatic heterocycles. The average molecular weight is 528 g/mol. The van der Waals surface area contributed by atoms with Crippen LogP contribution in [-0.4, -0.2) is 53.1 Å². The number of anilines is 1. The van der Waals surface area contributed by atoms with E-state index in [9.17, 15) is 9.59 Å². The van der Waals surface area contributed by atoms with Gasteiger partial charge in [0.25, 0.3) is 0 Å². The van der Waals surface area contributed by atoms with Crippen LogP contribution in [0.2, 0.25) is 15.1 Å². The van der Waals surface area contributed by atoms with E-state index in [1.807, 2.05) is 12.1 Å². The molecule has 2 fully saturated rings. The van der Waals surface area contributed by atoms with E-state index in [2.05, 4.69) is 16.0 Å². The lowest BCUT2D eigenvalue weighted by Crippen LogP contribution is -2.55. The molecule has 1 unspecified atom stereocenters. The van der Waals surface area contributed by atoms with Crippen LogP contribution in [0.15, 0.2) is 42.5 Å². The van der Waals surface area contributed by atoms with Crippen molar-refractivity contribution in [3.63, 3.8) is 0 Å². The Hall–Kier alpha value is -1.64. The number of benzene rings is 2. The predicted octanol–water partition coefficient (Wildman–Crippen LogP) is 5.03. The van der Waals surface area contributed by atoms with Gasteiger partial charge in [0.05, 0.1) is 10.9 Å². The number of piperidine rings is 1. The normalized spacial score (nSPS) is 19.5. The molecule has 2 aliphatic rings. The van der Waals surface area contributed by atoms with Gasteiger partial charge in [-0.25, -0.2) is 4.79 Å². The topological polar surface area (TPSA) is 73.5 Å². The first-order valence-corrected chi connectivity index (χ1v) is 12.9. The lowest BCUT2D eigenvalue weighted by molar-refractivity contribution is -0.122. The third kappa shape index (κ3) is 6.28. The Morgan fingerprint density at radius 1 is 1.09 bits per heavy atom. The highest BCUT2D eigenvalue weighted by Crippen LogP contribution is 2.39. The summed E-state index contributed by atoms with van der Waals surface area (Å²) >= 11 is 19.9. The molecular formula is C23H25Cl3N4O2S. The van der Waals surface area contributed by atoms with Gasteiger partial charge in [-0.3, -0.25) is 10.1 Å². The number of nitrogens with zero attached hydrogens (tertiary/aromatic N) is 1. The van der Waals surface area contributed by atoms with Crippen molar-refractivity contribution in [2.75, 3.05) is 30.7 Å². The zero-order chi connectivity index (χ0) is 23.4. The largest absolute Gasteiger partial charge is 0.354 e. The molecule has 2 aromatic rings. The highest BCUT2D eigenvalue weighted by atomic mass is 35.5. The van der Waals surface area contributed by atoms with Gasteiger partial charge in [-0.1, -0.05) is 46.9 Å². The third-order valence-corrected chi connectivity index (χ3v) is 8.32. The van der Waals surface area contributed by atoms with Crippen LogP contribution in [0.5, 0.6) is 0 Å². The zero-order valence-electron chi connectivity index (χ0n) is 17.9. The molecule has 3 amide bonds. The number of carbonyl (C=O) groups is 2. The summed E-state index contributed by atoms with van der Waals surface area (Å²) in [6.45, 7) is 1.75. The van der Waals surface area contributed by atoms with Gasteiger partial charge in [0.15, 0.2) is 0 Å². The molecule has 0 saturated carbocycles. The van der Waals surface area contributed by atoms with Crippen molar-refractivity contribution in [2.24, 2.45) is 0 Å². The van der Waals surface area contributed by atoms with Gasteiger partial charge in [0, 0.05) is 46.1 Å². The fourth-order valence-electron chi connectivity index (χ4n) is 4.08. The van der Waals surface area contributed by atoms with Crippen molar-refractivity contribution < 1.29 is 9.59 Å². The number of hydrogen-bond acceptors (Lipinski definition) is 4. The second-order valence-electron chi connectivity index (χ2n) is 8.21. The van der Waals surface area contributed by atoms with Crippen molar-refractivity contribution in [3.05, 3.63) is 63.1 Å². The van der Waals surface area contributed by atoms with E-state index in [0.29, 0.717) is 52.6 Å². The summed E-state index contributed by atoms with van der Waals surface area (Å²) in [5, 5.41) is 11.2. The maximum Gasteiger partial charge on any atom is 0.321 e. The Morgan fingerprint density at radius 2 is 1.85 bits per heavy atom. The van der Waals surface area contributed by atoms with Crippen LogP contribution in [0, 0.1) is 0 Å². The Bertz CT molecular complexity index is 1030. The fraction of sp³-hybridized carbons (Fsp3) is 0.391. The fourth-order valence-corrected chi connectivity index (χ4v) is 6.19. The zero-order valence-corrected chi connectivity index (χ0v) is 21.0. The van der Waals surface area contributed by atoms with Crippen molar-refractivity contribution in [2.45, 2.75) is 30.2 Å². The number of carbonyl (C=O) groups excluding carboxylic acids is 2. The molecule has 0 aromatic heterocycles. The molecule has 1 spiro atoms. The summed E-state index contributed by atoms with van der Waals surface area (Å²) in [7, 11) is 0. The average Bonchev–Trinajstić information content (AvgIpc) is 3.19. The van der Waals surface area contributed by atoms with E-state index in [1.54, 1.807) is 47.0 Å². The molecule has 0 radical (unpaired) electrons. The van der Waals surface area contributed by atoms with Crippen LogP contribution in [0.4, 0.5) is 10.5 Å². The Kier molecular flexibility index (Phi) is 7.97. The maximum absolute atomic E-state index is 12.7. The summed E-state index contributed by atoms with van der Waals surface area (Å²) in [4.78, 5) is 26.9. The molecular weight excluding hydrogens is 503 g/mol. The molecule has 2 heterocycles. The molecule has 10 heteroatoms. The van der Waals surface area contributed by atoms with Gasteiger partial charge >= 0.3 is 6.03 Å². The molecule has 4 rings (SSSR count). The van der Waals surface area contributed by atoms with Crippen molar-refractivity contribution in [1.29, 1.82) is 0 Å². The standard InChI is InChI=1S/C23H25Cl3N4O2S/c24-16-2-1-3-18(12-16)28-22(32)30-10-7-23(8-11-30)29-20(14-33-23)21(31)27-9-6-15-4-5-17(25)13-19(15)26/h1-5,12-13,20,29H,6-11,14H2,(H,27,31)(H,28,32). The minimum absolute atomic E-state index is 0.00871. The molecule has 2 saturated heterocycles. The number of amides is 3. The maximum atomic E-state index is 12.7. The first kappa shape index (κ1) is 24.5. The molecule has 33 heavy (non-hydrogen) atoms. The highest BCUT2D eigenvalue weighted by molar-refractivity contribution is 8.01. The van der Waals surface area contributed by atoms with Crippen LogP contribution in [0.3, 0.4) is 0 Å². The quantitative estimate of drug-likeness (QED) is 0.510. The SMILES string of the molecule is O=C(NCCc1ccc(Cl)cc1Cl)C1CSC2(CCN(C(=O)Nc3cccc(Cl)c3)CC2)N1. The van der Waals surface area contributed by atoms with Crippen molar-refractivity contribution in [1.82, 2.24) is 15.5 Å². The van der Waals surface area contributed by atoms with Crippen LogP contribution in [0.25, 0.3) is 0 Å². The van der Waals surface area contributed by atoms with E-state index in [1.165, 1.54) is 0 Å². The molecule has 0 bridgehead atoms. The van der Waals surface area contributed by atoms with Gasteiger partial charge in [-0.15, -0.1) is 11.8 Å². The third-order valence-electron chi connectivity index (χ3n) is 5.92. The lowest BCUT2D eigenvalue weighted by atomic mass is 10.0. The van der Waals surface area contributed by atoms with E-state index < -0.39 is 0 Å². The van der Waals surface area contributed by atoms with Crippen LogP contribution < -0.4 is 16.0 Å². The summed E-state index contributed by atoms with van der Waals surface area (Å²) < 4.78 is 0. The summed E-state index contributed by atoms with van der Waals surface area (Å²) in [6.07, 6.45) is 2.21. The van der Waals surface area contributed by atoms with E-state index >= 15 is 0 Å². The van der Waals surface area contributed by atoms with Gasteiger partial charge in [0.2, 0.25) is 5.91 Å². The minimum Gasteiger partial charge on any atom is -0.354 e.